The number of nitrogens with one attached hydrogen (secondary N) is 1. The Kier molecular flexibility index (Phi) is 8.81. The zero-order chi connectivity index (χ0) is 27.9. The Balaban J connectivity index is 1.84. The maximum Gasteiger partial charge on any atom is 0.249 e. The number of anilines is 1. The van der Waals surface area contributed by atoms with E-state index in [9.17, 15) is 9.59 Å². The van der Waals surface area contributed by atoms with Crippen LogP contribution in [0.4, 0.5) is 5.69 Å². The average molecular weight is 530 g/mol. The number of para-hydroxylation sites is 2. The van der Waals surface area contributed by atoms with Gasteiger partial charge in [-0.15, -0.1) is 5.10 Å². The number of benzene rings is 3. The van der Waals surface area contributed by atoms with Gasteiger partial charge in [0.1, 0.15) is 18.1 Å². The van der Waals surface area contributed by atoms with Crippen LogP contribution in [0.3, 0.4) is 0 Å². The Labute approximate surface area is 228 Å². The molecule has 0 fully saturated rings. The maximum atomic E-state index is 14.2. The molecular formula is C30H35N5O4. The monoisotopic (exact) mass is 529 g/mol. The quantitative estimate of drug-likeness (QED) is 0.303. The smallest absolute Gasteiger partial charge is 0.249 e. The largest absolute Gasteiger partial charge is 0.493 e. The molecule has 0 aliphatic carbocycles. The van der Waals surface area contributed by atoms with E-state index in [1.807, 2.05) is 55.5 Å². The fourth-order valence-electron chi connectivity index (χ4n) is 4.49. The SMILES string of the molecule is COc1cccc(C(C(=O)NCCC(C)C)N(C(=O)Cn2nnc3ccccc32)c2ccc(C)cc2)c1OC. The van der Waals surface area contributed by atoms with Gasteiger partial charge in [0.05, 0.1) is 19.7 Å². The summed E-state index contributed by atoms with van der Waals surface area (Å²) < 4.78 is 12.8. The zero-order valence-corrected chi connectivity index (χ0v) is 23.0. The first-order chi connectivity index (χ1) is 18.8. The lowest BCUT2D eigenvalue weighted by Gasteiger charge is -2.32. The molecule has 0 aliphatic rings. The third-order valence-corrected chi connectivity index (χ3v) is 6.54. The van der Waals surface area contributed by atoms with Crippen LogP contribution in [0.25, 0.3) is 11.0 Å². The van der Waals surface area contributed by atoms with Crippen molar-refractivity contribution in [2.24, 2.45) is 5.92 Å². The van der Waals surface area contributed by atoms with E-state index < -0.39 is 6.04 Å². The van der Waals surface area contributed by atoms with E-state index in [0.29, 0.717) is 40.7 Å². The number of carbonyl (C=O) groups excluding carboxylic acids is 2. The van der Waals surface area contributed by atoms with Gasteiger partial charge in [-0.1, -0.05) is 61.0 Å². The molecule has 3 aromatic carbocycles. The van der Waals surface area contributed by atoms with Gasteiger partial charge in [0.2, 0.25) is 11.8 Å². The summed E-state index contributed by atoms with van der Waals surface area (Å²) >= 11 is 0. The van der Waals surface area contributed by atoms with Gasteiger partial charge in [-0.3, -0.25) is 14.5 Å². The summed E-state index contributed by atoms with van der Waals surface area (Å²) in [5, 5.41) is 11.4. The molecule has 204 valence electrons. The Bertz CT molecular complexity index is 1430. The highest BCUT2D eigenvalue weighted by atomic mass is 16.5. The van der Waals surface area contributed by atoms with Crippen molar-refractivity contribution in [1.82, 2.24) is 20.3 Å². The lowest BCUT2D eigenvalue weighted by molar-refractivity contribution is -0.127. The first-order valence-corrected chi connectivity index (χ1v) is 13.0. The van der Waals surface area contributed by atoms with E-state index in [2.05, 4.69) is 29.5 Å². The van der Waals surface area contributed by atoms with Crippen LogP contribution in [-0.4, -0.2) is 47.6 Å². The number of aromatic nitrogens is 3. The Morgan fingerprint density at radius 3 is 2.41 bits per heavy atom. The molecule has 0 saturated heterocycles. The van der Waals surface area contributed by atoms with Gasteiger partial charge < -0.3 is 14.8 Å². The van der Waals surface area contributed by atoms with Crippen LogP contribution in [0, 0.1) is 12.8 Å². The number of nitrogens with zero attached hydrogens (tertiary/aromatic N) is 4. The summed E-state index contributed by atoms with van der Waals surface area (Å²) in [7, 11) is 3.06. The first kappa shape index (κ1) is 27.6. The number of amides is 2. The number of methoxy groups -OCH3 is 2. The number of rotatable bonds is 11. The van der Waals surface area contributed by atoms with Crippen LogP contribution in [0.1, 0.15) is 37.4 Å². The normalized spacial score (nSPS) is 11.8. The van der Waals surface area contributed by atoms with E-state index in [1.54, 1.807) is 22.9 Å². The lowest BCUT2D eigenvalue weighted by atomic mass is 10.0. The minimum atomic E-state index is -1.03. The van der Waals surface area contributed by atoms with Gasteiger partial charge in [0, 0.05) is 17.8 Å². The Morgan fingerprint density at radius 1 is 0.974 bits per heavy atom. The topological polar surface area (TPSA) is 98.6 Å². The number of ether oxygens (including phenoxy) is 2. The number of hydrogen-bond donors (Lipinski definition) is 1. The molecule has 39 heavy (non-hydrogen) atoms. The molecule has 0 saturated carbocycles. The maximum absolute atomic E-state index is 14.2. The zero-order valence-electron chi connectivity index (χ0n) is 23.0. The molecule has 2 amide bonds. The lowest BCUT2D eigenvalue weighted by Crippen LogP contribution is -2.45. The molecule has 1 N–H and O–H groups in total. The number of fused-ring (bicyclic) bond motifs is 1. The minimum absolute atomic E-state index is 0.115. The summed E-state index contributed by atoms with van der Waals surface area (Å²) in [6, 6.07) is 19.2. The van der Waals surface area contributed by atoms with Crippen LogP contribution < -0.4 is 19.7 Å². The molecule has 4 aromatic rings. The fourth-order valence-corrected chi connectivity index (χ4v) is 4.49. The van der Waals surface area contributed by atoms with Crippen LogP contribution in [-0.2, 0) is 16.1 Å². The predicted octanol–water partition coefficient (Wildman–Crippen LogP) is 4.69. The molecule has 1 heterocycles. The third-order valence-electron chi connectivity index (χ3n) is 6.54. The van der Waals surface area contributed by atoms with Crippen molar-refractivity contribution in [2.75, 3.05) is 25.7 Å². The molecule has 1 atom stereocenters. The number of carbonyl (C=O) groups is 2. The van der Waals surface area contributed by atoms with E-state index in [-0.39, 0.29) is 18.4 Å². The standard InChI is InChI=1S/C30H35N5O4/c1-20(2)17-18-31-30(37)28(23-9-8-12-26(38-4)29(23)39-5)35(22-15-13-21(3)14-16-22)27(36)19-34-25-11-7-6-10-24(25)32-33-34/h6-16,20,28H,17-19H2,1-5H3,(H,31,37). The summed E-state index contributed by atoms with van der Waals surface area (Å²) in [4.78, 5) is 29.6. The van der Waals surface area contributed by atoms with Gasteiger partial charge in [0.15, 0.2) is 11.5 Å². The summed E-state index contributed by atoms with van der Waals surface area (Å²) in [5.74, 6) is 0.613. The van der Waals surface area contributed by atoms with Crippen molar-refractivity contribution >= 4 is 28.5 Å². The van der Waals surface area contributed by atoms with Crippen molar-refractivity contribution in [3.05, 3.63) is 77.9 Å². The van der Waals surface area contributed by atoms with Crippen molar-refractivity contribution < 1.29 is 19.1 Å². The van der Waals surface area contributed by atoms with E-state index in [0.717, 1.165) is 17.5 Å². The first-order valence-electron chi connectivity index (χ1n) is 13.0. The molecule has 0 radical (unpaired) electrons. The molecule has 0 spiro atoms. The second kappa shape index (κ2) is 12.4. The molecule has 0 aliphatic heterocycles. The second-order valence-corrected chi connectivity index (χ2v) is 9.79. The van der Waals surface area contributed by atoms with Gasteiger partial charge in [-0.25, -0.2) is 4.68 Å². The molecule has 4 rings (SSSR count). The minimum Gasteiger partial charge on any atom is -0.493 e. The average Bonchev–Trinajstić information content (AvgIpc) is 3.34. The Hall–Kier alpha value is -4.40. The third kappa shape index (κ3) is 6.19. The predicted molar refractivity (Wildman–Crippen MR) is 151 cm³/mol. The molecule has 1 aromatic heterocycles. The van der Waals surface area contributed by atoms with Gasteiger partial charge >= 0.3 is 0 Å². The van der Waals surface area contributed by atoms with Gasteiger partial charge in [-0.2, -0.15) is 0 Å². The van der Waals surface area contributed by atoms with Crippen molar-refractivity contribution in [2.45, 2.75) is 39.8 Å². The summed E-state index contributed by atoms with van der Waals surface area (Å²) in [6.45, 7) is 6.52. The van der Waals surface area contributed by atoms with Gasteiger partial charge in [0.25, 0.3) is 0 Å². The molecule has 1 unspecified atom stereocenters. The van der Waals surface area contributed by atoms with Crippen molar-refractivity contribution in [1.29, 1.82) is 0 Å². The Morgan fingerprint density at radius 2 is 1.72 bits per heavy atom. The van der Waals surface area contributed by atoms with E-state index in [1.165, 1.54) is 19.1 Å². The molecule has 9 nitrogen and oxygen atoms in total. The molecular weight excluding hydrogens is 494 g/mol. The highest BCUT2D eigenvalue weighted by Crippen LogP contribution is 2.39. The van der Waals surface area contributed by atoms with Crippen LogP contribution in [0.5, 0.6) is 11.5 Å². The van der Waals surface area contributed by atoms with Crippen LogP contribution >= 0.6 is 0 Å². The summed E-state index contributed by atoms with van der Waals surface area (Å²) in [6.07, 6.45) is 0.803. The van der Waals surface area contributed by atoms with Crippen molar-refractivity contribution in [3.8, 4) is 11.5 Å². The highest BCUT2D eigenvalue weighted by Gasteiger charge is 2.36. The number of aryl methyl sites for hydroxylation is 1. The fraction of sp³-hybridized carbons (Fsp3) is 0.333. The summed E-state index contributed by atoms with van der Waals surface area (Å²) in [5.41, 5.74) is 3.53. The van der Waals surface area contributed by atoms with E-state index in [4.69, 9.17) is 9.47 Å². The van der Waals surface area contributed by atoms with Gasteiger partial charge in [-0.05, 0) is 49.6 Å². The van der Waals surface area contributed by atoms with Crippen molar-refractivity contribution in [3.63, 3.8) is 0 Å². The van der Waals surface area contributed by atoms with Crippen LogP contribution in [0.15, 0.2) is 66.7 Å². The van der Waals surface area contributed by atoms with Crippen LogP contribution in [0.2, 0.25) is 0 Å². The molecule has 0 bridgehead atoms. The highest BCUT2D eigenvalue weighted by molar-refractivity contribution is 6.02. The molecule has 9 heteroatoms. The second-order valence-electron chi connectivity index (χ2n) is 9.79. The van der Waals surface area contributed by atoms with E-state index >= 15 is 0 Å². The number of hydrogen-bond acceptors (Lipinski definition) is 6.